The third-order valence-electron chi connectivity index (χ3n) is 3.21. The lowest BCUT2D eigenvalue weighted by atomic mass is 10.1. The van der Waals surface area contributed by atoms with Crippen LogP contribution < -0.4 is 5.32 Å². The lowest BCUT2D eigenvalue weighted by molar-refractivity contribution is 0.0905. The first-order chi connectivity index (χ1) is 8.43. The summed E-state index contributed by atoms with van der Waals surface area (Å²) in [5, 5.41) is 4.77. The highest BCUT2D eigenvalue weighted by Gasteiger charge is 2.14. The molecule has 3 rings (SSSR count). The van der Waals surface area contributed by atoms with E-state index in [1.165, 1.54) is 5.39 Å². The number of fused-ring (bicyclic) bond motifs is 1. The van der Waals surface area contributed by atoms with Crippen molar-refractivity contribution in [2.75, 3.05) is 18.5 Å². The quantitative estimate of drug-likeness (QED) is 0.858. The van der Waals surface area contributed by atoms with Crippen LogP contribution >= 0.6 is 0 Å². The molecule has 0 radical (unpaired) electrons. The molecule has 0 saturated carbocycles. The minimum Gasteiger partial charge on any atom is -0.381 e. The zero-order valence-corrected chi connectivity index (χ0v) is 9.73. The van der Waals surface area contributed by atoms with Crippen LogP contribution in [0.2, 0.25) is 0 Å². The Labute approximate surface area is 101 Å². The van der Waals surface area contributed by atoms with Gasteiger partial charge in [0.05, 0.1) is 11.2 Å². The predicted molar refractivity (Wildman–Crippen MR) is 69.2 cm³/mol. The zero-order valence-electron chi connectivity index (χ0n) is 9.73. The van der Waals surface area contributed by atoms with Crippen LogP contribution in [0.15, 0.2) is 36.5 Å². The Kier molecular flexibility index (Phi) is 2.92. The largest absolute Gasteiger partial charge is 0.381 e. The highest BCUT2D eigenvalue weighted by atomic mass is 16.5. The van der Waals surface area contributed by atoms with E-state index >= 15 is 0 Å². The Morgan fingerprint density at radius 3 is 2.82 bits per heavy atom. The van der Waals surface area contributed by atoms with E-state index in [0.29, 0.717) is 6.04 Å². The number of para-hydroxylation sites is 1. The molecule has 1 aliphatic heterocycles. The van der Waals surface area contributed by atoms with Gasteiger partial charge in [-0.2, -0.15) is 0 Å². The van der Waals surface area contributed by atoms with Crippen molar-refractivity contribution in [2.45, 2.75) is 18.9 Å². The first-order valence-electron chi connectivity index (χ1n) is 6.11. The number of anilines is 1. The summed E-state index contributed by atoms with van der Waals surface area (Å²) in [6.07, 6.45) is 3.99. The van der Waals surface area contributed by atoms with Gasteiger partial charge in [0, 0.05) is 30.8 Å². The Morgan fingerprint density at radius 1 is 1.12 bits per heavy atom. The molecule has 88 valence electrons. The van der Waals surface area contributed by atoms with Crippen LogP contribution in [0.3, 0.4) is 0 Å². The summed E-state index contributed by atoms with van der Waals surface area (Å²) in [6, 6.07) is 10.8. The monoisotopic (exact) mass is 228 g/mol. The predicted octanol–water partition coefficient (Wildman–Crippen LogP) is 2.83. The van der Waals surface area contributed by atoms with Crippen LogP contribution in [0.5, 0.6) is 0 Å². The number of hydrogen-bond donors (Lipinski definition) is 1. The molecule has 0 amide bonds. The molecule has 1 aromatic heterocycles. The van der Waals surface area contributed by atoms with Crippen molar-refractivity contribution in [1.82, 2.24) is 4.98 Å². The van der Waals surface area contributed by atoms with Gasteiger partial charge in [-0.1, -0.05) is 18.2 Å². The first kappa shape index (κ1) is 10.5. The lowest BCUT2D eigenvalue weighted by Crippen LogP contribution is -2.27. The lowest BCUT2D eigenvalue weighted by Gasteiger charge is -2.24. The maximum absolute atomic E-state index is 5.37. The zero-order chi connectivity index (χ0) is 11.5. The maximum Gasteiger partial charge on any atom is 0.0933 e. The van der Waals surface area contributed by atoms with Gasteiger partial charge in [0.1, 0.15) is 0 Å². The minimum absolute atomic E-state index is 0.511. The third-order valence-corrected chi connectivity index (χ3v) is 3.21. The van der Waals surface area contributed by atoms with Crippen LogP contribution in [0.4, 0.5) is 5.69 Å². The molecule has 3 nitrogen and oxygen atoms in total. The summed E-state index contributed by atoms with van der Waals surface area (Å²) < 4.78 is 5.37. The Bertz CT molecular complexity index is 501. The smallest absolute Gasteiger partial charge is 0.0933 e. The fourth-order valence-corrected chi connectivity index (χ4v) is 2.28. The number of aromatic nitrogens is 1. The number of nitrogens with one attached hydrogen (secondary N) is 1. The number of ether oxygens (including phenoxy) is 1. The van der Waals surface area contributed by atoms with E-state index in [1.54, 1.807) is 0 Å². The van der Waals surface area contributed by atoms with Crippen molar-refractivity contribution in [1.29, 1.82) is 0 Å². The molecule has 0 spiro atoms. The van der Waals surface area contributed by atoms with E-state index in [2.05, 4.69) is 34.6 Å². The Hall–Kier alpha value is -1.61. The second-order valence-corrected chi connectivity index (χ2v) is 4.41. The fourth-order valence-electron chi connectivity index (χ4n) is 2.28. The molecule has 1 saturated heterocycles. The van der Waals surface area contributed by atoms with E-state index in [9.17, 15) is 0 Å². The van der Waals surface area contributed by atoms with Crippen LogP contribution in [-0.4, -0.2) is 24.2 Å². The fraction of sp³-hybridized carbons (Fsp3) is 0.357. The van der Waals surface area contributed by atoms with E-state index in [0.717, 1.165) is 37.3 Å². The van der Waals surface area contributed by atoms with Gasteiger partial charge in [0.25, 0.3) is 0 Å². The number of benzene rings is 1. The van der Waals surface area contributed by atoms with E-state index < -0.39 is 0 Å². The Balaban J connectivity index is 1.89. The topological polar surface area (TPSA) is 34.2 Å². The van der Waals surface area contributed by atoms with Gasteiger partial charge in [0.15, 0.2) is 0 Å². The molecule has 0 unspecified atom stereocenters. The number of hydrogen-bond acceptors (Lipinski definition) is 3. The molecule has 0 aliphatic carbocycles. The molecule has 3 heteroatoms. The van der Waals surface area contributed by atoms with Crippen molar-refractivity contribution in [2.24, 2.45) is 0 Å². The van der Waals surface area contributed by atoms with Gasteiger partial charge >= 0.3 is 0 Å². The van der Waals surface area contributed by atoms with Gasteiger partial charge < -0.3 is 10.1 Å². The van der Waals surface area contributed by atoms with E-state index in [-0.39, 0.29) is 0 Å². The molecule has 1 aliphatic rings. The van der Waals surface area contributed by atoms with Gasteiger partial charge in [-0.15, -0.1) is 0 Å². The molecule has 1 fully saturated rings. The summed E-state index contributed by atoms with van der Waals surface area (Å²) in [7, 11) is 0. The van der Waals surface area contributed by atoms with Crippen LogP contribution in [0, 0.1) is 0 Å². The SMILES string of the molecule is c1cnc2c(NC3CCOCC3)cccc2c1. The van der Waals surface area contributed by atoms with Gasteiger partial charge in [-0.25, -0.2) is 0 Å². The standard InChI is InChI=1S/C14H16N2O/c1-3-11-4-2-8-15-14(11)13(5-1)16-12-6-9-17-10-7-12/h1-5,8,12,16H,6-7,9-10H2. The van der Waals surface area contributed by atoms with Crippen LogP contribution in [0.1, 0.15) is 12.8 Å². The normalized spacial score (nSPS) is 17.2. The van der Waals surface area contributed by atoms with Crippen molar-refractivity contribution in [3.05, 3.63) is 36.5 Å². The van der Waals surface area contributed by atoms with Crippen LogP contribution in [-0.2, 0) is 4.74 Å². The summed E-state index contributed by atoms with van der Waals surface area (Å²) >= 11 is 0. The van der Waals surface area contributed by atoms with E-state index in [1.807, 2.05) is 12.3 Å². The van der Waals surface area contributed by atoms with Gasteiger partial charge in [-0.3, -0.25) is 4.98 Å². The van der Waals surface area contributed by atoms with Crippen molar-refractivity contribution < 1.29 is 4.74 Å². The van der Waals surface area contributed by atoms with Gasteiger partial charge in [-0.05, 0) is 25.0 Å². The highest BCUT2D eigenvalue weighted by molar-refractivity contribution is 5.90. The average Bonchev–Trinajstić information content (AvgIpc) is 2.40. The number of pyridine rings is 1. The minimum atomic E-state index is 0.511. The summed E-state index contributed by atoms with van der Waals surface area (Å²) in [5.74, 6) is 0. The molecule has 17 heavy (non-hydrogen) atoms. The maximum atomic E-state index is 5.37. The highest BCUT2D eigenvalue weighted by Crippen LogP contribution is 2.23. The molecule has 1 aromatic carbocycles. The second kappa shape index (κ2) is 4.72. The third kappa shape index (κ3) is 2.24. The molecule has 0 atom stereocenters. The summed E-state index contributed by atoms with van der Waals surface area (Å²) in [6.45, 7) is 1.71. The van der Waals surface area contributed by atoms with Crippen molar-refractivity contribution >= 4 is 16.6 Å². The molecule has 1 N–H and O–H groups in total. The molecular weight excluding hydrogens is 212 g/mol. The van der Waals surface area contributed by atoms with Gasteiger partial charge in [0.2, 0.25) is 0 Å². The molecule has 2 aromatic rings. The Morgan fingerprint density at radius 2 is 1.94 bits per heavy atom. The van der Waals surface area contributed by atoms with Crippen LogP contribution in [0.25, 0.3) is 10.9 Å². The first-order valence-corrected chi connectivity index (χ1v) is 6.11. The molecular formula is C14H16N2O. The number of rotatable bonds is 2. The number of nitrogens with zero attached hydrogens (tertiary/aromatic N) is 1. The average molecular weight is 228 g/mol. The molecule has 2 heterocycles. The summed E-state index contributed by atoms with van der Waals surface area (Å²) in [4.78, 5) is 4.45. The van der Waals surface area contributed by atoms with Crippen molar-refractivity contribution in [3.8, 4) is 0 Å². The summed E-state index contributed by atoms with van der Waals surface area (Å²) in [5.41, 5.74) is 2.19. The second-order valence-electron chi connectivity index (χ2n) is 4.41. The molecule has 0 bridgehead atoms. The van der Waals surface area contributed by atoms with E-state index in [4.69, 9.17) is 4.74 Å². The van der Waals surface area contributed by atoms with Crippen molar-refractivity contribution in [3.63, 3.8) is 0 Å².